The fourth-order valence-corrected chi connectivity index (χ4v) is 4.78. The fraction of sp³-hybridized carbons (Fsp3) is 0.348. The van der Waals surface area contributed by atoms with Crippen molar-refractivity contribution in [1.29, 1.82) is 0 Å². The van der Waals surface area contributed by atoms with Crippen molar-refractivity contribution in [2.75, 3.05) is 42.4 Å². The van der Waals surface area contributed by atoms with Gasteiger partial charge in [-0.3, -0.25) is 14.7 Å². The summed E-state index contributed by atoms with van der Waals surface area (Å²) in [6.45, 7) is 6.03. The molecule has 36 heavy (non-hydrogen) atoms. The maximum absolute atomic E-state index is 13.2. The van der Waals surface area contributed by atoms with Crippen LogP contribution in [-0.4, -0.2) is 68.3 Å². The summed E-state index contributed by atoms with van der Waals surface area (Å²) < 4.78 is 39.5. The Kier molecular flexibility index (Phi) is 7.31. The van der Waals surface area contributed by atoms with Crippen LogP contribution in [0.4, 0.5) is 16.3 Å². The molecule has 4 rings (SSSR count). The van der Waals surface area contributed by atoms with Gasteiger partial charge in [-0.1, -0.05) is 13.8 Å². The smallest absolute Gasteiger partial charge is 0.409 e. The summed E-state index contributed by atoms with van der Waals surface area (Å²) in [4.78, 5) is 31.6. The van der Waals surface area contributed by atoms with Crippen LogP contribution >= 0.6 is 0 Å². The van der Waals surface area contributed by atoms with Gasteiger partial charge in [0.2, 0.25) is 0 Å². The van der Waals surface area contributed by atoms with Gasteiger partial charge in [-0.2, -0.15) is 0 Å². The molecule has 1 fully saturated rings. The third-order valence-corrected chi connectivity index (χ3v) is 6.90. The molecule has 1 aliphatic heterocycles. The molecule has 1 aliphatic rings. The summed E-state index contributed by atoms with van der Waals surface area (Å²) >= 11 is 0. The fourth-order valence-electron chi connectivity index (χ4n) is 3.71. The Hall–Kier alpha value is -3.84. The third-order valence-electron chi connectivity index (χ3n) is 5.54. The lowest BCUT2D eigenvalue weighted by molar-refractivity contribution is 0.0678. The second-order valence-electron chi connectivity index (χ2n) is 8.68. The van der Waals surface area contributed by atoms with E-state index in [0.717, 1.165) is 0 Å². The van der Waals surface area contributed by atoms with Gasteiger partial charge in [0.25, 0.3) is 10.0 Å². The van der Waals surface area contributed by atoms with Crippen molar-refractivity contribution in [3.05, 3.63) is 48.4 Å². The van der Waals surface area contributed by atoms with Gasteiger partial charge in [0.15, 0.2) is 11.6 Å². The number of fused-ring (bicyclic) bond motifs is 1. The number of nitrogens with zero attached hydrogens (tertiary/aromatic N) is 3. The van der Waals surface area contributed by atoms with Crippen molar-refractivity contribution < 1.29 is 32.4 Å². The number of carbonyl (C=O) groups excluding carboxylic acids is 2. The largest absolute Gasteiger partial charge is 0.451 e. The Morgan fingerprint density at radius 2 is 1.92 bits per heavy atom. The Labute approximate surface area is 207 Å². The number of piperazine rings is 1. The quantitative estimate of drug-likeness (QED) is 0.317. The van der Waals surface area contributed by atoms with Gasteiger partial charge in [-0.05, 0) is 36.2 Å². The number of aromatic nitrogens is 1. The lowest BCUT2D eigenvalue weighted by Crippen LogP contribution is -2.49. The predicted molar refractivity (Wildman–Crippen MR) is 130 cm³/mol. The first kappa shape index (κ1) is 25.3. The molecule has 0 atom stereocenters. The number of hydroxylamine groups is 1. The topological polar surface area (TPSA) is 154 Å². The number of benzene rings is 1. The van der Waals surface area contributed by atoms with Gasteiger partial charge >= 0.3 is 12.0 Å². The molecule has 3 N–H and O–H groups in total. The van der Waals surface area contributed by atoms with Crippen LogP contribution in [0.1, 0.15) is 24.4 Å². The molecule has 192 valence electrons. The summed E-state index contributed by atoms with van der Waals surface area (Å²) in [6, 6.07) is 8.81. The van der Waals surface area contributed by atoms with Crippen molar-refractivity contribution in [2.45, 2.75) is 18.7 Å². The SMILES string of the molecule is CC(C)COC(=O)N1CCN(c2ncccc2NS(=O)(=O)c2ccc3cc(C(=O)NO)oc3c2)CC1. The summed E-state index contributed by atoms with van der Waals surface area (Å²) in [5, 5.41) is 9.28. The number of hydrogen-bond acceptors (Lipinski definition) is 9. The van der Waals surface area contributed by atoms with Gasteiger partial charge < -0.3 is 19.0 Å². The number of furan rings is 1. The molecule has 2 amide bonds. The first-order valence-electron chi connectivity index (χ1n) is 11.3. The average Bonchev–Trinajstić information content (AvgIpc) is 3.30. The molecular weight excluding hydrogens is 490 g/mol. The van der Waals surface area contributed by atoms with E-state index in [-0.39, 0.29) is 33.9 Å². The lowest BCUT2D eigenvalue weighted by atomic mass is 10.2. The molecule has 13 heteroatoms. The molecule has 3 heterocycles. The average molecular weight is 518 g/mol. The highest BCUT2D eigenvalue weighted by molar-refractivity contribution is 7.92. The minimum Gasteiger partial charge on any atom is -0.451 e. The van der Waals surface area contributed by atoms with E-state index in [0.29, 0.717) is 44.0 Å². The number of ether oxygens (including phenoxy) is 1. The predicted octanol–water partition coefficient (Wildman–Crippen LogP) is 2.66. The maximum atomic E-state index is 13.2. The van der Waals surface area contributed by atoms with Gasteiger partial charge in [0.05, 0.1) is 17.2 Å². The Morgan fingerprint density at radius 1 is 1.17 bits per heavy atom. The molecule has 1 aromatic carbocycles. The van der Waals surface area contributed by atoms with Crippen LogP contribution < -0.4 is 15.1 Å². The molecule has 0 radical (unpaired) electrons. The van der Waals surface area contributed by atoms with Gasteiger partial charge in [-0.25, -0.2) is 23.7 Å². The first-order chi connectivity index (χ1) is 17.2. The van der Waals surface area contributed by atoms with Crippen molar-refractivity contribution in [2.24, 2.45) is 5.92 Å². The van der Waals surface area contributed by atoms with Crippen molar-refractivity contribution in [3.63, 3.8) is 0 Å². The second-order valence-corrected chi connectivity index (χ2v) is 10.4. The standard InChI is InChI=1S/C23H27N5O7S/c1-15(2)14-34-23(30)28-10-8-27(9-11-28)21-18(4-3-7-24-21)26-36(32,33)17-6-5-16-12-20(22(29)25-31)35-19(16)13-17/h3-7,12-13,15,26,31H,8-11,14H2,1-2H3,(H,25,29). The van der Waals surface area contributed by atoms with E-state index in [2.05, 4.69) is 9.71 Å². The van der Waals surface area contributed by atoms with Crippen LogP contribution in [0.3, 0.4) is 0 Å². The van der Waals surface area contributed by atoms with Gasteiger partial charge in [0.1, 0.15) is 5.58 Å². The van der Waals surface area contributed by atoms with E-state index in [9.17, 15) is 18.0 Å². The number of anilines is 2. The van der Waals surface area contributed by atoms with E-state index >= 15 is 0 Å². The summed E-state index contributed by atoms with van der Waals surface area (Å²) in [7, 11) is -4.03. The molecular formula is C23H27N5O7S. The van der Waals surface area contributed by atoms with Crippen molar-refractivity contribution >= 4 is 44.5 Å². The second kappa shape index (κ2) is 10.4. The van der Waals surface area contributed by atoms with E-state index in [1.165, 1.54) is 29.7 Å². The maximum Gasteiger partial charge on any atom is 0.409 e. The zero-order chi connectivity index (χ0) is 25.9. The molecule has 2 aromatic heterocycles. The highest BCUT2D eigenvalue weighted by Gasteiger charge is 2.26. The number of amides is 2. The van der Waals surface area contributed by atoms with Crippen LogP contribution in [0.15, 0.2) is 51.9 Å². The number of nitrogens with one attached hydrogen (secondary N) is 2. The minimum absolute atomic E-state index is 0.0761. The summed E-state index contributed by atoms with van der Waals surface area (Å²) in [5.74, 6) is -0.314. The Morgan fingerprint density at radius 3 is 2.61 bits per heavy atom. The lowest BCUT2D eigenvalue weighted by Gasteiger charge is -2.35. The van der Waals surface area contributed by atoms with Crippen LogP contribution in [0.25, 0.3) is 11.0 Å². The number of hydrogen-bond donors (Lipinski definition) is 3. The number of rotatable bonds is 7. The Bertz CT molecular complexity index is 1360. The van der Waals surface area contributed by atoms with Crippen LogP contribution in [0.2, 0.25) is 0 Å². The number of sulfonamides is 1. The van der Waals surface area contributed by atoms with Gasteiger partial charge in [-0.15, -0.1) is 0 Å². The highest BCUT2D eigenvalue weighted by atomic mass is 32.2. The Balaban J connectivity index is 1.49. The number of carbonyl (C=O) groups is 2. The van der Waals surface area contributed by atoms with Crippen molar-refractivity contribution in [3.8, 4) is 0 Å². The molecule has 0 aliphatic carbocycles. The normalized spacial score (nSPS) is 14.2. The molecule has 0 unspecified atom stereocenters. The molecule has 0 spiro atoms. The van der Waals surface area contributed by atoms with Crippen LogP contribution in [-0.2, 0) is 14.8 Å². The first-order valence-corrected chi connectivity index (χ1v) is 12.8. The summed E-state index contributed by atoms with van der Waals surface area (Å²) in [5.41, 5.74) is 1.93. The number of pyridine rings is 1. The van der Waals surface area contributed by atoms with Crippen molar-refractivity contribution in [1.82, 2.24) is 15.4 Å². The molecule has 3 aromatic rings. The van der Waals surface area contributed by atoms with E-state index < -0.39 is 15.9 Å². The monoisotopic (exact) mass is 517 g/mol. The van der Waals surface area contributed by atoms with E-state index in [4.69, 9.17) is 14.4 Å². The van der Waals surface area contributed by atoms with E-state index in [1.54, 1.807) is 23.2 Å². The van der Waals surface area contributed by atoms with Gasteiger partial charge in [0, 0.05) is 43.8 Å². The molecule has 1 saturated heterocycles. The zero-order valence-electron chi connectivity index (χ0n) is 19.8. The highest BCUT2D eigenvalue weighted by Crippen LogP contribution is 2.28. The van der Waals surface area contributed by atoms with Crippen LogP contribution in [0, 0.1) is 5.92 Å². The third kappa shape index (κ3) is 5.52. The van der Waals surface area contributed by atoms with Crippen LogP contribution in [0.5, 0.6) is 0 Å². The molecule has 12 nitrogen and oxygen atoms in total. The minimum atomic E-state index is -4.03. The molecule has 0 bridgehead atoms. The zero-order valence-corrected chi connectivity index (χ0v) is 20.6. The van der Waals surface area contributed by atoms with E-state index in [1.807, 2.05) is 18.7 Å². The molecule has 0 saturated carbocycles. The summed E-state index contributed by atoms with van der Waals surface area (Å²) in [6.07, 6.45) is 1.21.